The van der Waals surface area contributed by atoms with Crippen LogP contribution in [0.1, 0.15) is 25.0 Å². The average Bonchev–Trinajstić information content (AvgIpc) is 2.96. The van der Waals surface area contributed by atoms with Gasteiger partial charge in [0.15, 0.2) is 11.5 Å². The van der Waals surface area contributed by atoms with Crippen molar-refractivity contribution in [3.05, 3.63) is 47.0 Å². The van der Waals surface area contributed by atoms with Crippen molar-refractivity contribution in [3.8, 4) is 34.3 Å². The number of methoxy groups -OCH3 is 1. The van der Waals surface area contributed by atoms with Crippen LogP contribution in [0.4, 0.5) is 0 Å². The molecule has 1 aromatic heterocycles. The summed E-state index contributed by atoms with van der Waals surface area (Å²) in [5.41, 5.74) is 4.35. The Bertz CT molecular complexity index is 1040. The highest BCUT2D eigenvalue weighted by Gasteiger charge is 2.28. The van der Waals surface area contributed by atoms with E-state index in [1.807, 2.05) is 13.8 Å². The number of allylic oxidation sites excluding steroid dienone is 2. The molecule has 0 radical (unpaired) electrons. The van der Waals surface area contributed by atoms with E-state index in [2.05, 4.69) is 6.08 Å². The first-order chi connectivity index (χ1) is 12.5. The zero-order chi connectivity index (χ0) is 18.4. The molecule has 0 saturated carbocycles. The van der Waals surface area contributed by atoms with Crippen LogP contribution in [0, 0.1) is 0 Å². The van der Waals surface area contributed by atoms with Crippen molar-refractivity contribution < 1.29 is 24.1 Å². The summed E-state index contributed by atoms with van der Waals surface area (Å²) in [4.78, 5) is 0. The lowest BCUT2D eigenvalue weighted by molar-refractivity contribution is 0.298. The second-order valence-corrected chi connectivity index (χ2v) is 6.65. The quantitative estimate of drug-likeness (QED) is 0.655. The average molecular weight is 352 g/mol. The van der Waals surface area contributed by atoms with Crippen LogP contribution in [0.15, 0.2) is 40.3 Å². The third-order valence-electron chi connectivity index (χ3n) is 4.61. The Labute approximate surface area is 151 Å². The van der Waals surface area contributed by atoms with Crippen molar-refractivity contribution >= 4 is 11.0 Å². The maximum Gasteiger partial charge on any atom is 0.164 e. The zero-order valence-corrected chi connectivity index (χ0v) is 14.9. The zero-order valence-electron chi connectivity index (χ0n) is 14.9. The number of benzene rings is 2. The molecular weight excluding hydrogens is 332 g/mol. The molecule has 4 rings (SSSR count). The Balaban J connectivity index is 2.01. The van der Waals surface area contributed by atoms with Gasteiger partial charge in [-0.1, -0.05) is 11.6 Å². The van der Waals surface area contributed by atoms with E-state index in [-0.39, 0.29) is 11.5 Å². The molecular formula is C21H20O5. The summed E-state index contributed by atoms with van der Waals surface area (Å²) >= 11 is 0. The molecule has 0 fully saturated rings. The van der Waals surface area contributed by atoms with E-state index in [9.17, 15) is 10.2 Å². The number of rotatable bonds is 3. The monoisotopic (exact) mass is 352 g/mol. The second kappa shape index (κ2) is 6.02. The van der Waals surface area contributed by atoms with Crippen molar-refractivity contribution in [2.45, 2.75) is 26.9 Å². The van der Waals surface area contributed by atoms with Crippen LogP contribution in [0.5, 0.6) is 23.0 Å². The van der Waals surface area contributed by atoms with E-state index in [1.54, 1.807) is 31.4 Å². The SMILES string of the molecule is COc1c(O)cc2oc3c(c2c1CC=C(C)C)COc1cc(O)ccc1-3. The Morgan fingerprint density at radius 2 is 2.04 bits per heavy atom. The molecule has 134 valence electrons. The fourth-order valence-electron chi connectivity index (χ4n) is 3.43. The molecule has 0 saturated heterocycles. The Morgan fingerprint density at radius 3 is 2.77 bits per heavy atom. The van der Waals surface area contributed by atoms with Gasteiger partial charge in [-0.3, -0.25) is 0 Å². The minimum absolute atomic E-state index is 0.0510. The number of hydrogen-bond acceptors (Lipinski definition) is 5. The van der Waals surface area contributed by atoms with E-state index < -0.39 is 0 Å². The molecule has 1 aliphatic heterocycles. The highest BCUT2D eigenvalue weighted by molar-refractivity contribution is 5.95. The van der Waals surface area contributed by atoms with Gasteiger partial charge in [-0.2, -0.15) is 0 Å². The predicted molar refractivity (Wildman–Crippen MR) is 99.0 cm³/mol. The van der Waals surface area contributed by atoms with Crippen molar-refractivity contribution in [2.75, 3.05) is 7.11 Å². The Morgan fingerprint density at radius 1 is 1.23 bits per heavy atom. The van der Waals surface area contributed by atoms with Gasteiger partial charge >= 0.3 is 0 Å². The highest BCUT2D eigenvalue weighted by Crippen LogP contribution is 2.48. The van der Waals surface area contributed by atoms with E-state index in [0.717, 1.165) is 22.1 Å². The van der Waals surface area contributed by atoms with Gasteiger partial charge in [0, 0.05) is 28.6 Å². The number of phenols is 2. The smallest absolute Gasteiger partial charge is 0.164 e. The molecule has 1 aliphatic rings. The molecule has 3 aromatic rings. The highest BCUT2D eigenvalue weighted by atomic mass is 16.5. The third-order valence-corrected chi connectivity index (χ3v) is 4.61. The fraction of sp³-hybridized carbons (Fsp3) is 0.238. The molecule has 2 N–H and O–H groups in total. The first kappa shape index (κ1) is 16.4. The number of hydrogen-bond donors (Lipinski definition) is 2. The summed E-state index contributed by atoms with van der Waals surface area (Å²) in [6, 6.07) is 6.54. The summed E-state index contributed by atoms with van der Waals surface area (Å²) in [6.45, 7) is 4.39. The third kappa shape index (κ3) is 2.47. The van der Waals surface area contributed by atoms with Crippen molar-refractivity contribution in [1.82, 2.24) is 0 Å². The van der Waals surface area contributed by atoms with Gasteiger partial charge in [-0.05, 0) is 32.4 Å². The topological polar surface area (TPSA) is 72.1 Å². The van der Waals surface area contributed by atoms with Crippen LogP contribution in [0.3, 0.4) is 0 Å². The van der Waals surface area contributed by atoms with Gasteiger partial charge < -0.3 is 24.1 Å². The lowest BCUT2D eigenvalue weighted by Gasteiger charge is -2.17. The lowest BCUT2D eigenvalue weighted by atomic mass is 9.97. The van der Waals surface area contributed by atoms with Gasteiger partial charge in [-0.25, -0.2) is 0 Å². The number of ether oxygens (including phenoxy) is 2. The second-order valence-electron chi connectivity index (χ2n) is 6.65. The minimum Gasteiger partial charge on any atom is -0.508 e. The molecule has 5 nitrogen and oxygen atoms in total. The van der Waals surface area contributed by atoms with E-state index >= 15 is 0 Å². The summed E-state index contributed by atoms with van der Waals surface area (Å²) in [5, 5.41) is 21.0. The largest absolute Gasteiger partial charge is 0.508 e. The van der Waals surface area contributed by atoms with Gasteiger partial charge in [0.2, 0.25) is 0 Å². The van der Waals surface area contributed by atoms with Crippen LogP contribution < -0.4 is 9.47 Å². The number of furan rings is 1. The van der Waals surface area contributed by atoms with Crippen LogP contribution in [-0.4, -0.2) is 17.3 Å². The fourth-order valence-corrected chi connectivity index (χ4v) is 3.43. The summed E-state index contributed by atoms with van der Waals surface area (Å²) in [5.74, 6) is 1.93. The van der Waals surface area contributed by atoms with Crippen molar-refractivity contribution in [2.24, 2.45) is 0 Å². The normalized spacial score (nSPS) is 12.3. The van der Waals surface area contributed by atoms with Gasteiger partial charge in [-0.15, -0.1) is 0 Å². The van der Waals surface area contributed by atoms with Crippen LogP contribution in [-0.2, 0) is 13.0 Å². The molecule has 2 aromatic carbocycles. The summed E-state index contributed by atoms with van der Waals surface area (Å²) in [6.07, 6.45) is 2.70. The summed E-state index contributed by atoms with van der Waals surface area (Å²) < 4.78 is 17.4. The van der Waals surface area contributed by atoms with Gasteiger partial charge in [0.25, 0.3) is 0 Å². The van der Waals surface area contributed by atoms with E-state index in [0.29, 0.717) is 35.9 Å². The van der Waals surface area contributed by atoms with E-state index in [4.69, 9.17) is 13.9 Å². The standard InChI is InChI=1S/C21H20O5/c1-11(2)4-6-14-19-15-10-25-17-8-12(22)5-7-13(17)20(15)26-18(19)9-16(23)21(14)24-3/h4-5,7-9,22-23H,6,10H2,1-3H3. The van der Waals surface area contributed by atoms with Crippen LogP contribution >= 0.6 is 0 Å². The lowest BCUT2D eigenvalue weighted by Crippen LogP contribution is -2.04. The van der Waals surface area contributed by atoms with Crippen molar-refractivity contribution in [1.29, 1.82) is 0 Å². The molecule has 0 spiro atoms. The Hall–Kier alpha value is -3.08. The number of phenolic OH excluding ortho intramolecular Hbond substituents is 2. The number of fused-ring (bicyclic) bond motifs is 5. The first-order valence-corrected chi connectivity index (χ1v) is 8.43. The minimum atomic E-state index is 0.0510. The molecule has 26 heavy (non-hydrogen) atoms. The predicted octanol–water partition coefficient (Wildman–Crippen LogP) is 4.92. The molecule has 2 heterocycles. The molecule has 0 atom stereocenters. The molecule has 0 unspecified atom stereocenters. The molecule has 5 heteroatoms. The van der Waals surface area contributed by atoms with E-state index in [1.165, 1.54) is 5.57 Å². The van der Waals surface area contributed by atoms with Crippen LogP contribution in [0.25, 0.3) is 22.3 Å². The molecule has 0 aliphatic carbocycles. The van der Waals surface area contributed by atoms with Crippen LogP contribution in [0.2, 0.25) is 0 Å². The van der Waals surface area contributed by atoms with Gasteiger partial charge in [0.05, 0.1) is 12.7 Å². The number of aromatic hydroxyl groups is 2. The first-order valence-electron chi connectivity index (χ1n) is 8.43. The summed E-state index contributed by atoms with van der Waals surface area (Å²) in [7, 11) is 1.55. The Kier molecular flexibility index (Phi) is 3.80. The van der Waals surface area contributed by atoms with Gasteiger partial charge in [0.1, 0.15) is 29.4 Å². The maximum absolute atomic E-state index is 10.4. The maximum atomic E-state index is 10.4. The molecule has 0 amide bonds. The molecule has 0 bridgehead atoms. The van der Waals surface area contributed by atoms with Crippen molar-refractivity contribution in [3.63, 3.8) is 0 Å².